The molecule has 6 heteroatoms. The van der Waals surface area contributed by atoms with Crippen LogP contribution in [0.15, 0.2) is 18.2 Å². The Hall–Kier alpha value is -2.24. The minimum atomic E-state index is -0.689. The monoisotopic (exact) mass is 321 g/mol. The maximum absolute atomic E-state index is 12.2. The Bertz CT molecular complexity index is 544. The number of ether oxygens (including phenoxy) is 1. The lowest BCUT2D eigenvalue weighted by atomic mass is 10.0. The third kappa shape index (κ3) is 6.59. The summed E-state index contributed by atoms with van der Waals surface area (Å²) in [6, 6.07) is 4.65. The molecule has 23 heavy (non-hydrogen) atoms. The topological polar surface area (TPSA) is 93.4 Å². The lowest BCUT2D eigenvalue weighted by Gasteiger charge is -2.19. The highest BCUT2D eigenvalue weighted by Crippen LogP contribution is 2.19. The van der Waals surface area contributed by atoms with E-state index in [1.54, 1.807) is 7.11 Å². The number of hydrogen-bond donors (Lipinski definition) is 3. The molecule has 0 aliphatic rings. The van der Waals surface area contributed by atoms with E-state index in [2.05, 4.69) is 10.6 Å². The SMILES string of the molecule is COc1ccc(C)cc1CCNC(=O)[C@@H](CC(C)C)NC(N)=O. The lowest BCUT2D eigenvalue weighted by molar-refractivity contribution is -0.123. The van der Waals surface area contributed by atoms with Gasteiger partial charge in [0, 0.05) is 6.54 Å². The number of nitrogens with one attached hydrogen (secondary N) is 2. The zero-order valence-corrected chi connectivity index (χ0v) is 14.3. The summed E-state index contributed by atoms with van der Waals surface area (Å²) in [5.41, 5.74) is 7.31. The van der Waals surface area contributed by atoms with Crippen molar-refractivity contribution < 1.29 is 14.3 Å². The Balaban J connectivity index is 2.60. The molecule has 6 nitrogen and oxygen atoms in total. The van der Waals surface area contributed by atoms with Crippen LogP contribution >= 0.6 is 0 Å². The molecule has 1 atom stereocenters. The average Bonchev–Trinajstić information content (AvgIpc) is 2.45. The van der Waals surface area contributed by atoms with E-state index in [1.807, 2.05) is 39.0 Å². The van der Waals surface area contributed by atoms with Crippen LogP contribution < -0.4 is 21.1 Å². The fourth-order valence-electron chi connectivity index (χ4n) is 2.42. The molecule has 0 heterocycles. The van der Waals surface area contributed by atoms with Gasteiger partial charge in [0.25, 0.3) is 0 Å². The Morgan fingerprint density at radius 3 is 2.57 bits per heavy atom. The fraction of sp³-hybridized carbons (Fsp3) is 0.529. The van der Waals surface area contributed by atoms with Gasteiger partial charge in [-0.15, -0.1) is 0 Å². The van der Waals surface area contributed by atoms with Crippen LogP contribution in [0.1, 0.15) is 31.4 Å². The number of primary amides is 1. The molecular formula is C17H27N3O3. The minimum absolute atomic E-state index is 0.218. The van der Waals surface area contributed by atoms with Gasteiger partial charge in [0.2, 0.25) is 5.91 Å². The zero-order valence-electron chi connectivity index (χ0n) is 14.3. The summed E-state index contributed by atoms with van der Waals surface area (Å²) >= 11 is 0. The van der Waals surface area contributed by atoms with Crippen molar-refractivity contribution in [1.29, 1.82) is 0 Å². The third-order valence-electron chi connectivity index (χ3n) is 3.47. The second kappa shape index (κ2) is 9.02. The number of carbonyl (C=O) groups excluding carboxylic acids is 2. The molecule has 0 fully saturated rings. The third-order valence-corrected chi connectivity index (χ3v) is 3.47. The Morgan fingerprint density at radius 2 is 2.00 bits per heavy atom. The van der Waals surface area contributed by atoms with Crippen LogP contribution in [0.25, 0.3) is 0 Å². The van der Waals surface area contributed by atoms with E-state index in [-0.39, 0.29) is 11.8 Å². The van der Waals surface area contributed by atoms with Gasteiger partial charge >= 0.3 is 6.03 Å². The van der Waals surface area contributed by atoms with Crippen molar-refractivity contribution in [2.75, 3.05) is 13.7 Å². The van der Waals surface area contributed by atoms with Gasteiger partial charge < -0.3 is 21.1 Å². The molecule has 3 amide bonds. The fourth-order valence-corrected chi connectivity index (χ4v) is 2.42. The van der Waals surface area contributed by atoms with Crippen LogP contribution in [0.4, 0.5) is 4.79 Å². The van der Waals surface area contributed by atoms with Crippen LogP contribution in [-0.2, 0) is 11.2 Å². The standard InChI is InChI=1S/C17H27N3O3/c1-11(2)9-14(20-17(18)22)16(21)19-8-7-13-10-12(3)5-6-15(13)23-4/h5-6,10-11,14H,7-9H2,1-4H3,(H,19,21)(H3,18,20,22)/t14-/m1/s1. The number of urea groups is 1. The van der Waals surface area contributed by atoms with Crippen molar-refractivity contribution in [3.8, 4) is 5.75 Å². The molecule has 1 rings (SSSR count). The molecular weight excluding hydrogens is 294 g/mol. The number of rotatable bonds is 8. The molecule has 0 aliphatic heterocycles. The van der Waals surface area contributed by atoms with E-state index in [9.17, 15) is 9.59 Å². The number of nitrogens with two attached hydrogens (primary N) is 1. The molecule has 0 saturated heterocycles. The average molecular weight is 321 g/mol. The lowest BCUT2D eigenvalue weighted by Crippen LogP contribution is -2.49. The summed E-state index contributed by atoms with van der Waals surface area (Å²) in [6.07, 6.45) is 1.20. The van der Waals surface area contributed by atoms with Crippen molar-refractivity contribution in [2.45, 2.75) is 39.7 Å². The van der Waals surface area contributed by atoms with Crippen molar-refractivity contribution in [3.05, 3.63) is 29.3 Å². The van der Waals surface area contributed by atoms with Crippen LogP contribution in [-0.4, -0.2) is 31.6 Å². The summed E-state index contributed by atoms with van der Waals surface area (Å²) in [5.74, 6) is 0.859. The van der Waals surface area contributed by atoms with Crippen LogP contribution in [0.2, 0.25) is 0 Å². The first-order valence-electron chi connectivity index (χ1n) is 7.80. The first-order valence-corrected chi connectivity index (χ1v) is 7.80. The van der Waals surface area contributed by atoms with Gasteiger partial charge in [-0.1, -0.05) is 31.5 Å². The van der Waals surface area contributed by atoms with E-state index >= 15 is 0 Å². The Kier molecular flexibility index (Phi) is 7.38. The summed E-state index contributed by atoms with van der Waals surface area (Å²) < 4.78 is 5.32. The van der Waals surface area contributed by atoms with Gasteiger partial charge in [0.15, 0.2) is 0 Å². The molecule has 0 spiro atoms. The molecule has 1 aromatic carbocycles. The molecule has 128 valence electrons. The second-order valence-electron chi connectivity index (χ2n) is 6.05. The number of methoxy groups -OCH3 is 1. The van der Waals surface area contributed by atoms with E-state index in [4.69, 9.17) is 10.5 Å². The maximum atomic E-state index is 12.2. The summed E-state index contributed by atoms with van der Waals surface area (Å²) in [7, 11) is 1.63. The van der Waals surface area contributed by atoms with Crippen molar-refractivity contribution in [3.63, 3.8) is 0 Å². The first-order chi connectivity index (χ1) is 10.8. The highest BCUT2D eigenvalue weighted by Gasteiger charge is 2.20. The first kappa shape index (κ1) is 18.8. The molecule has 0 radical (unpaired) electrons. The molecule has 1 aromatic rings. The molecule has 0 aliphatic carbocycles. The Morgan fingerprint density at radius 1 is 1.30 bits per heavy atom. The molecule has 0 bridgehead atoms. The van der Waals surface area contributed by atoms with Gasteiger partial charge in [-0.05, 0) is 37.3 Å². The zero-order chi connectivity index (χ0) is 17.4. The quantitative estimate of drug-likeness (QED) is 0.681. The predicted molar refractivity (Wildman–Crippen MR) is 90.4 cm³/mol. The molecule has 4 N–H and O–H groups in total. The summed E-state index contributed by atoms with van der Waals surface area (Å²) in [4.78, 5) is 23.2. The van der Waals surface area contributed by atoms with Crippen LogP contribution in [0.3, 0.4) is 0 Å². The molecule has 0 aromatic heterocycles. The van der Waals surface area contributed by atoms with E-state index < -0.39 is 12.1 Å². The highest BCUT2D eigenvalue weighted by atomic mass is 16.5. The highest BCUT2D eigenvalue weighted by molar-refractivity contribution is 5.86. The van der Waals surface area contributed by atoms with E-state index in [0.717, 1.165) is 16.9 Å². The van der Waals surface area contributed by atoms with Crippen LogP contribution in [0.5, 0.6) is 5.75 Å². The molecule has 0 saturated carbocycles. The number of hydrogen-bond acceptors (Lipinski definition) is 3. The van der Waals surface area contributed by atoms with Crippen molar-refractivity contribution >= 4 is 11.9 Å². The normalized spacial score (nSPS) is 11.9. The van der Waals surface area contributed by atoms with Crippen LogP contribution in [0, 0.1) is 12.8 Å². The van der Waals surface area contributed by atoms with Gasteiger partial charge in [-0.25, -0.2) is 4.79 Å². The number of aryl methyl sites for hydroxylation is 1. The smallest absolute Gasteiger partial charge is 0.312 e. The number of carbonyl (C=O) groups is 2. The van der Waals surface area contributed by atoms with E-state index in [0.29, 0.717) is 19.4 Å². The van der Waals surface area contributed by atoms with Gasteiger partial charge in [-0.2, -0.15) is 0 Å². The minimum Gasteiger partial charge on any atom is -0.496 e. The summed E-state index contributed by atoms with van der Waals surface area (Å²) in [6.45, 7) is 6.45. The second-order valence-corrected chi connectivity index (χ2v) is 6.05. The van der Waals surface area contributed by atoms with Gasteiger partial charge in [0.05, 0.1) is 7.11 Å². The predicted octanol–water partition coefficient (Wildman–Crippen LogP) is 1.75. The number of benzene rings is 1. The van der Waals surface area contributed by atoms with E-state index in [1.165, 1.54) is 0 Å². The van der Waals surface area contributed by atoms with Gasteiger partial charge in [0.1, 0.15) is 11.8 Å². The number of amides is 3. The van der Waals surface area contributed by atoms with Crippen molar-refractivity contribution in [2.24, 2.45) is 11.7 Å². The summed E-state index contributed by atoms with van der Waals surface area (Å²) in [5, 5.41) is 5.34. The Labute approximate surface area is 137 Å². The largest absolute Gasteiger partial charge is 0.496 e. The maximum Gasteiger partial charge on any atom is 0.312 e. The molecule has 0 unspecified atom stereocenters. The van der Waals surface area contributed by atoms with Crippen molar-refractivity contribution in [1.82, 2.24) is 10.6 Å². The van der Waals surface area contributed by atoms with Gasteiger partial charge in [-0.3, -0.25) is 4.79 Å².